The van der Waals surface area contributed by atoms with Gasteiger partial charge in [-0.2, -0.15) is 0 Å². The highest BCUT2D eigenvalue weighted by Gasteiger charge is 2.42. The van der Waals surface area contributed by atoms with Crippen molar-refractivity contribution in [2.45, 2.75) is 52.1 Å². The predicted octanol–water partition coefficient (Wildman–Crippen LogP) is 3.65. The Morgan fingerprint density at radius 1 is 0.921 bits per heavy atom. The summed E-state index contributed by atoms with van der Waals surface area (Å²) in [7, 11) is 0. The fourth-order valence-corrected chi connectivity index (χ4v) is 4.58. The number of hydrogen-bond acceptors (Lipinski definition) is 7. The van der Waals surface area contributed by atoms with Crippen molar-refractivity contribution >= 4 is 29.8 Å². The number of ether oxygens (including phenoxy) is 2. The lowest BCUT2D eigenvalue weighted by atomic mass is 10.0. The number of nitrogens with zero attached hydrogens (tertiary/aromatic N) is 2. The van der Waals surface area contributed by atoms with Gasteiger partial charge in [0.1, 0.15) is 5.75 Å². The topological polar surface area (TPSA) is 122 Å². The van der Waals surface area contributed by atoms with Crippen molar-refractivity contribution in [3.8, 4) is 5.75 Å². The Balaban J connectivity index is 1.32. The standard InChI is InChI=1S/C28H31N3O7/c1-5-37-27(36)38-20-9-6-17(7-10-20)23(32)29-19-12-14-30(15-13-19)24(33)18-8-11-21-22(16-18)26(35)31(25(21)34)28(2,3)4/h6-11,16,19H,5,12-15H2,1-4H3,(H,29,32). The van der Waals surface area contributed by atoms with Gasteiger partial charge in [0.15, 0.2) is 0 Å². The maximum Gasteiger partial charge on any atom is 0.513 e. The molecule has 10 nitrogen and oxygen atoms in total. The van der Waals surface area contributed by atoms with Crippen molar-refractivity contribution in [2.75, 3.05) is 19.7 Å². The number of hydrogen-bond donors (Lipinski definition) is 1. The van der Waals surface area contributed by atoms with E-state index in [0.717, 1.165) is 0 Å². The number of piperidine rings is 1. The van der Waals surface area contributed by atoms with Crippen LogP contribution in [0.5, 0.6) is 5.75 Å². The summed E-state index contributed by atoms with van der Waals surface area (Å²) in [6, 6.07) is 10.7. The SMILES string of the molecule is CCOC(=O)Oc1ccc(C(=O)NC2CCN(C(=O)c3ccc4c(c3)C(=O)N(C(C)(C)C)C4=O)CC2)cc1. The molecule has 0 bridgehead atoms. The van der Waals surface area contributed by atoms with Gasteiger partial charge >= 0.3 is 6.16 Å². The van der Waals surface area contributed by atoms with Gasteiger partial charge in [0.05, 0.1) is 17.7 Å². The van der Waals surface area contributed by atoms with E-state index >= 15 is 0 Å². The molecule has 10 heteroatoms. The van der Waals surface area contributed by atoms with E-state index in [-0.39, 0.29) is 41.7 Å². The van der Waals surface area contributed by atoms with E-state index in [2.05, 4.69) is 5.32 Å². The fourth-order valence-electron chi connectivity index (χ4n) is 4.58. The molecule has 0 unspecified atom stereocenters. The Morgan fingerprint density at radius 2 is 1.53 bits per heavy atom. The van der Waals surface area contributed by atoms with Gasteiger partial charge in [-0.1, -0.05) is 0 Å². The summed E-state index contributed by atoms with van der Waals surface area (Å²) >= 11 is 0. The number of carbonyl (C=O) groups excluding carboxylic acids is 5. The number of amides is 4. The van der Waals surface area contributed by atoms with Gasteiger partial charge in [-0.05, 0) is 83.0 Å². The molecule has 2 aliphatic rings. The number of likely N-dealkylation sites (tertiary alicyclic amines) is 1. The van der Waals surface area contributed by atoms with Crippen LogP contribution in [-0.4, -0.2) is 70.9 Å². The van der Waals surface area contributed by atoms with Crippen LogP contribution in [0.4, 0.5) is 4.79 Å². The summed E-state index contributed by atoms with van der Waals surface area (Å²) in [6.07, 6.45) is 0.335. The van der Waals surface area contributed by atoms with E-state index in [9.17, 15) is 24.0 Å². The second kappa shape index (κ2) is 10.6. The molecule has 4 rings (SSSR count). The summed E-state index contributed by atoms with van der Waals surface area (Å²) in [5.74, 6) is -0.953. The monoisotopic (exact) mass is 521 g/mol. The molecule has 1 fully saturated rings. The smallest absolute Gasteiger partial charge is 0.434 e. The first-order valence-electron chi connectivity index (χ1n) is 12.6. The largest absolute Gasteiger partial charge is 0.513 e. The third-order valence-electron chi connectivity index (χ3n) is 6.50. The molecule has 200 valence electrons. The van der Waals surface area contributed by atoms with E-state index in [4.69, 9.17) is 9.47 Å². The van der Waals surface area contributed by atoms with Crippen LogP contribution in [0.25, 0.3) is 0 Å². The molecule has 1 N–H and O–H groups in total. The molecule has 2 aromatic carbocycles. The molecule has 0 aromatic heterocycles. The van der Waals surface area contributed by atoms with Crippen LogP contribution in [0.2, 0.25) is 0 Å². The highest BCUT2D eigenvalue weighted by molar-refractivity contribution is 6.22. The first-order chi connectivity index (χ1) is 18.0. The third kappa shape index (κ3) is 5.53. The highest BCUT2D eigenvalue weighted by Crippen LogP contribution is 2.30. The average molecular weight is 522 g/mol. The van der Waals surface area contributed by atoms with Crippen LogP contribution in [0, 0.1) is 0 Å². The predicted molar refractivity (Wildman–Crippen MR) is 137 cm³/mol. The fraction of sp³-hybridized carbons (Fsp3) is 0.393. The average Bonchev–Trinajstić information content (AvgIpc) is 3.14. The van der Waals surface area contributed by atoms with Crippen molar-refractivity contribution in [1.29, 1.82) is 0 Å². The minimum Gasteiger partial charge on any atom is -0.434 e. The summed E-state index contributed by atoms with van der Waals surface area (Å²) in [4.78, 5) is 65.7. The van der Waals surface area contributed by atoms with Gasteiger partial charge in [-0.15, -0.1) is 0 Å². The highest BCUT2D eigenvalue weighted by atomic mass is 16.7. The van der Waals surface area contributed by atoms with E-state index in [1.54, 1.807) is 56.9 Å². The second-order valence-corrected chi connectivity index (χ2v) is 10.2. The van der Waals surface area contributed by atoms with Crippen molar-refractivity contribution < 1.29 is 33.4 Å². The Morgan fingerprint density at radius 3 is 2.13 bits per heavy atom. The number of carbonyl (C=O) groups is 5. The van der Waals surface area contributed by atoms with Crippen molar-refractivity contribution in [1.82, 2.24) is 15.1 Å². The first-order valence-corrected chi connectivity index (χ1v) is 12.6. The maximum absolute atomic E-state index is 13.1. The van der Waals surface area contributed by atoms with Gasteiger partial charge in [-0.25, -0.2) is 4.79 Å². The molecule has 2 aliphatic heterocycles. The zero-order valence-electron chi connectivity index (χ0n) is 21.9. The van der Waals surface area contributed by atoms with E-state index in [1.165, 1.54) is 23.1 Å². The zero-order chi connectivity index (χ0) is 27.6. The first kappa shape index (κ1) is 26.8. The van der Waals surface area contributed by atoms with Gasteiger partial charge < -0.3 is 19.7 Å². The van der Waals surface area contributed by atoms with E-state index < -0.39 is 17.6 Å². The maximum atomic E-state index is 13.1. The number of imide groups is 1. The zero-order valence-corrected chi connectivity index (χ0v) is 21.9. The van der Waals surface area contributed by atoms with Crippen LogP contribution < -0.4 is 10.1 Å². The van der Waals surface area contributed by atoms with Crippen LogP contribution in [0.1, 0.15) is 82.0 Å². The molecule has 2 aromatic rings. The Labute approximate surface area is 220 Å². The molecule has 2 heterocycles. The minimum absolute atomic E-state index is 0.110. The Bertz CT molecular complexity index is 1270. The number of rotatable bonds is 5. The normalized spacial score (nSPS) is 15.8. The number of benzene rings is 2. The Kier molecular flexibility index (Phi) is 7.52. The summed E-state index contributed by atoms with van der Waals surface area (Å²) in [5, 5.41) is 2.98. The number of fused-ring (bicyclic) bond motifs is 1. The summed E-state index contributed by atoms with van der Waals surface area (Å²) < 4.78 is 9.72. The van der Waals surface area contributed by atoms with Crippen LogP contribution in [0.15, 0.2) is 42.5 Å². The lowest BCUT2D eigenvalue weighted by Gasteiger charge is -2.32. The van der Waals surface area contributed by atoms with Gasteiger partial charge in [-0.3, -0.25) is 24.1 Å². The molecule has 0 atom stereocenters. The lowest BCUT2D eigenvalue weighted by molar-refractivity contribution is 0.0506. The van der Waals surface area contributed by atoms with Gasteiger partial charge in [0.25, 0.3) is 23.6 Å². The van der Waals surface area contributed by atoms with Crippen LogP contribution >= 0.6 is 0 Å². The molecule has 1 saturated heterocycles. The van der Waals surface area contributed by atoms with Gasteiger partial charge in [0.2, 0.25) is 0 Å². The molecule has 38 heavy (non-hydrogen) atoms. The molecular weight excluding hydrogens is 490 g/mol. The van der Waals surface area contributed by atoms with Gasteiger partial charge in [0, 0.05) is 35.8 Å². The molecule has 0 saturated carbocycles. The second-order valence-electron chi connectivity index (χ2n) is 10.2. The number of nitrogens with one attached hydrogen (secondary N) is 1. The minimum atomic E-state index is -0.808. The van der Waals surface area contributed by atoms with E-state index in [1.807, 2.05) is 0 Å². The lowest BCUT2D eigenvalue weighted by Crippen LogP contribution is -2.46. The Hall–Kier alpha value is -4.21. The van der Waals surface area contributed by atoms with Crippen LogP contribution in [0.3, 0.4) is 0 Å². The van der Waals surface area contributed by atoms with E-state index in [0.29, 0.717) is 42.6 Å². The van der Waals surface area contributed by atoms with Crippen molar-refractivity contribution in [3.63, 3.8) is 0 Å². The molecule has 0 spiro atoms. The summed E-state index contributed by atoms with van der Waals surface area (Å²) in [5.41, 5.74) is 0.664. The molecular formula is C28H31N3O7. The molecule has 0 radical (unpaired) electrons. The molecule has 0 aliphatic carbocycles. The quantitative estimate of drug-likeness (QED) is 0.362. The summed E-state index contributed by atoms with van der Waals surface area (Å²) in [6.45, 7) is 8.13. The van der Waals surface area contributed by atoms with Crippen molar-refractivity contribution in [2.24, 2.45) is 0 Å². The van der Waals surface area contributed by atoms with Crippen LogP contribution in [-0.2, 0) is 4.74 Å². The molecule has 4 amide bonds. The third-order valence-corrected chi connectivity index (χ3v) is 6.50. The van der Waals surface area contributed by atoms with Crippen molar-refractivity contribution in [3.05, 3.63) is 64.7 Å².